The summed E-state index contributed by atoms with van der Waals surface area (Å²) in [5, 5.41) is 0. The van der Waals surface area contributed by atoms with Crippen LogP contribution >= 0.6 is 0 Å². The fraction of sp³-hybridized carbons (Fsp3) is 0.364. The number of nitrogens with zero attached hydrogens (tertiary/aromatic N) is 2. The van der Waals surface area contributed by atoms with Crippen molar-refractivity contribution >= 4 is 5.65 Å². The quantitative estimate of drug-likeness (QED) is 0.603. The summed E-state index contributed by atoms with van der Waals surface area (Å²) in [4.78, 5) is 4.34. The zero-order valence-electron chi connectivity index (χ0n) is 8.70. The van der Waals surface area contributed by atoms with Crippen molar-refractivity contribution in [1.82, 2.24) is 9.38 Å². The van der Waals surface area contributed by atoms with Gasteiger partial charge in [0.05, 0.1) is 5.69 Å². The van der Waals surface area contributed by atoms with Crippen molar-refractivity contribution in [2.45, 2.75) is 27.7 Å². The van der Waals surface area contributed by atoms with Crippen molar-refractivity contribution in [3.63, 3.8) is 0 Å². The van der Waals surface area contributed by atoms with E-state index in [4.69, 9.17) is 0 Å². The number of aryl methyl sites for hydroxylation is 2. The van der Waals surface area contributed by atoms with Crippen molar-refractivity contribution in [2.75, 3.05) is 0 Å². The Kier molecular flexibility index (Phi) is 3.07. The molecule has 0 saturated carbocycles. The van der Waals surface area contributed by atoms with E-state index < -0.39 is 0 Å². The lowest BCUT2D eigenvalue weighted by Gasteiger charge is -1.92. The highest BCUT2D eigenvalue weighted by molar-refractivity contribution is 5.42. The van der Waals surface area contributed by atoms with Crippen LogP contribution in [0.3, 0.4) is 0 Å². The van der Waals surface area contributed by atoms with Gasteiger partial charge in [0.15, 0.2) is 0 Å². The second-order valence-electron chi connectivity index (χ2n) is 2.85. The topological polar surface area (TPSA) is 17.3 Å². The molecular weight excluding hydrogens is 160 g/mol. The molecule has 0 unspecified atom stereocenters. The fourth-order valence-electron chi connectivity index (χ4n) is 1.21. The minimum atomic E-state index is 1.03. The Bertz CT molecular complexity index is 388. The molecule has 0 N–H and O–H groups in total. The molecule has 0 atom stereocenters. The highest BCUT2D eigenvalue weighted by Crippen LogP contribution is 2.05. The zero-order valence-corrected chi connectivity index (χ0v) is 8.70. The number of hydrogen-bond acceptors (Lipinski definition) is 1. The van der Waals surface area contributed by atoms with Crippen LogP contribution in [0.2, 0.25) is 0 Å². The van der Waals surface area contributed by atoms with Gasteiger partial charge in [-0.15, -0.1) is 0 Å². The van der Waals surface area contributed by atoms with Crippen LogP contribution in [0.4, 0.5) is 0 Å². The van der Waals surface area contributed by atoms with E-state index in [9.17, 15) is 0 Å². The van der Waals surface area contributed by atoms with Crippen LogP contribution in [0.1, 0.15) is 25.1 Å². The van der Waals surface area contributed by atoms with Gasteiger partial charge < -0.3 is 4.40 Å². The highest BCUT2D eigenvalue weighted by Gasteiger charge is 1.95. The zero-order chi connectivity index (χ0) is 9.84. The Morgan fingerprint density at radius 1 is 1.23 bits per heavy atom. The minimum Gasteiger partial charge on any atom is -0.307 e. The Labute approximate surface area is 79.2 Å². The Balaban J connectivity index is 0.000000396. The third-order valence-electron chi connectivity index (χ3n) is 1.74. The first-order valence-electron chi connectivity index (χ1n) is 4.68. The maximum absolute atomic E-state index is 4.34. The molecule has 0 spiro atoms. The second-order valence-corrected chi connectivity index (χ2v) is 2.85. The molecule has 70 valence electrons. The molecule has 0 aromatic carbocycles. The summed E-state index contributed by atoms with van der Waals surface area (Å²) >= 11 is 0. The van der Waals surface area contributed by atoms with Crippen molar-refractivity contribution < 1.29 is 0 Å². The molecule has 2 aromatic heterocycles. The van der Waals surface area contributed by atoms with Crippen molar-refractivity contribution in [1.29, 1.82) is 0 Å². The predicted molar refractivity (Wildman–Crippen MR) is 56.0 cm³/mol. The molecule has 13 heavy (non-hydrogen) atoms. The fourth-order valence-corrected chi connectivity index (χ4v) is 1.21. The van der Waals surface area contributed by atoms with Crippen LogP contribution < -0.4 is 0 Å². The summed E-state index contributed by atoms with van der Waals surface area (Å²) in [6.45, 7) is 8.08. The van der Waals surface area contributed by atoms with Gasteiger partial charge in [-0.3, -0.25) is 0 Å². The van der Waals surface area contributed by atoms with Gasteiger partial charge in [-0.1, -0.05) is 13.8 Å². The Morgan fingerprint density at radius 2 is 1.92 bits per heavy atom. The molecule has 2 nitrogen and oxygen atoms in total. The van der Waals surface area contributed by atoms with E-state index in [0.717, 1.165) is 11.3 Å². The number of aromatic nitrogens is 2. The van der Waals surface area contributed by atoms with Gasteiger partial charge in [-0.25, -0.2) is 4.98 Å². The van der Waals surface area contributed by atoms with Crippen LogP contribution in [0.15, 0.2) is 24.5 Å². The van der Waals surface area contributed by atoms with Crippen LogP contribution in [-0.4, -0.2) is 9.38 Å². The molecule has 0 aliphatic carbocycles. The van der Waals surface area contributed by atoms with Gasteiger partial charge in [0, 0.05) is 12.4 Å². The molecule has 0 fully saturated rings. The molecular formula is C11H16N2. The lowest BCUT2D eigenvalue weighted by Crippen LogP contribution is -1.81. The summed E-state index contributed by atoms with van der Waals surface area (Å²) in [7, 11) is 0. The van der Waals surface area contributed by atoms with Crippen LogP contribution in [-0.2, 0) is 0 Å². The average molecular weight is 176 g/mol. The predicted octanol–water partition coefficient (Wildman–Crippen LogP) is 2.98. The van der Waals surface area contributed by atoms with Crippen molar-refractivity contribution in [2.24, 2.45) is 0 Å². The molecule has 2 rings (SSSR count). The van der Waals surface area contributed by atoms with E-state index in [1.165, 1.54) is 5.56 Å². The van der Waals surface area contributed by atoms with Gasteiger partial charge >= 0.3 is 0 Å². The lowest BCUT2D eigenvalue weighted by atomic mass is 10.3. The summed E-state index contributed by atoms with van der Waals surface area (Å²) < 4.78 is 2.03. The summed E-state index contributed by atoms with van der Waals surface area (Å²) in [6.07, 6.45) is 4.06. The maximum Gasteiger partial charge on any atom is 0.137 e. The van der Waals surface area contributed by atoms with E-state index in [1.807, 2.05) is 37.6 Å². The van der Waals surface area contributed by atoms with Crippen molar-refractivity contribution in [3.8, 4) is 0 Å². The Hall–Kier alpha value is -1.31. The van der Waals surface area contributed by atoms with Gasteiger partial charge in [-0.2, -0.15) is 0 Å². The third kappa shape index (κ3) is 2.08. The number of imidazole rings is 1. The molecule has 2 aromatic rings. The first-order valence-corrected chi connectivity index (χ1v) is 4.68. The molecule has 0 saturated heterocycles. The second kappa shape index (κ2) is 4.08. The van der Waals surface area contributed by atoms with Crippen LogP contribution in [0, 0.1) is 13.8 Å². The first-order chi connectivity index (χ1) is 6.25. The van der Waals surface area contributed by atoms with Crippen LogP contribution in [0.5, 0.6) is 0 Å². The summed E-state index contributed by atoms with van der Waals surface area (Å²) in [6, 6.07) is 4.15. The monoisotopic (exact) mass is 176 g/mol. The minimum absolute atomic E-state index is 1.03. The molecule has 0 aliphatic heterocycles. The van der Waals surface area contributed by atoms with Crippen molar-refractivity contribution in [3.05, 3.63) is 35.8 Å². The van der Waals surface area contributed by atoms with Crippen LogP contribution in [0.25, 0.3) is 5.65 Å². The normalized spacial score (nSPS) is 9.54. The average Bonchev–Trinajstić information content (AvgIpc) is 2.48. The molecule has 2 heterocycles. The van der Waals surface area contributed by atoms with Gasteiger partial charge in [-0.05, 0) is 31.5 Å². The molecule has 0 amide bonds. The highest BCUT2D eigenvalue weighted by atomic mass is 15.0. The first kappa shape index (κ1) is 9.78. The summed E-state index contributed by atoms with van der Waals surface area (Å²) in [5.74, 6) is 0. The SMILES string of the molecule is CC.Cc1ccn2cc(C)nc2c1. The van der Waals surface area contributed by atoms with Gasteiger partial charge in [0.1, 0.15) is 5.65 Å². The number of hydrogen-bond donors (Lipinski definition) is 0. The van der Waals surface area contributed by atoms with E-state index >= 15 is 0 Å². The number of pyridine rings is 1. The Morgan fingerprint density at radius 3 is 2.62 bits per heavy atom. The van der Waals surface area contributed by atoms with Gasteiger partial charge in [0.25, 0.3) is 0 Å². The van der Waals surface area contributed by atoms with E-state index in [-0.39, 0.29) is 0 Å². The number of fused-ring (bicyclic) bond motifs is 1. The van der Waals surface area contributed by atoms with E-state index in [2.05, 4.69) is 24.0 Å². The molecule has 0 radical (unpaired) electrons. The van der Waals surface area contributed by atoms with E-state index in [1.54, 1.807) is 0 Å². The molecule has 2 heteroatoms. The standard InChI is InChI=1S/C9H10N2.C2H6/c1-7-3-4-11-6-8(2)10-9(11)5-7;1-2/h3-6H,1-2H3;1-2H3. The lowest BCUT2D eigenvalue weighted by molar-refractivity contribution is 1.17. The smallest absolute Gasteiger partial charge is 0.137 e. The largest absolute Gasteiger partial charge is 0.307 e. The number of rotatable bonds is 0. The third-order valence-corrected chi connectivity index (χ3v) is 1.74. The maximum atomic E-state index is 4.34. The summed E-state index contributed by atoms with van der Waals surface area (Å²) in [5.41, 5.74) is 3.35. The van der Waals surface area contributed by atoms with E-state index in [0.29, 0.717) is 0 Å². The molecule has 0 bridgehead atoms. The molecule has 0 aliphatic rings. The van der Waals surface area contributed by atoms with Gasteiger partial charge in [0.2, 0.25) is 0 Å².